The Balaban J connectivity index is 0.00000300. The van der Waals surface area contributed by atoms with Crippen LogP contribution in [0.15, 0.2) is 35.3 Å². The molecular weight excluding hydrogens is 479 g/mol. The molecule has 1 aromatic rings. The quantitative estimate of drug-likeness (QED) is 0.329. The van der Waals surface area contributed by atoms with Gasteiger partial charge in [-0.1, -0.05) is 25.1 Å². The van der Waals surface area contributed by atoms with Crippen molar-refractivity contribution in [2.45, 2.75) is 26.3 Å². The Bertz CT molecular complexity index is 648. The number of benzene rings is 1. The van der Waals surface area contributed by atoms with E-state index in [-0.39, 0.29) is 35.9 Å². The minimum absolute atomic E-state index is 0. The van der Waals surface area contributed by atoms with Gasteiger partial charge < -0.3 is 20.4 Å². The van der Waals surface area contributed by atoms with Crippen LogP contribution in [0, 0.1) is 0 Å². The maximum Gasteiger partial charge on any atom is 0.229 e. The van der Waals surface area contributed by atoms with Crippen LogP contribution in [-0.4, -0.2) is 86.6 Å². The summed E-state index contributed by atoms with van der Waals surface area (Å²) >= 11 is 0. The van der Waals surface area contributed by atoms with Gasteiger partial charge in [-0.25, -0.2) is 0 Å². The second kappa shape index (κ2) is 12.3. The molecule has 0 spiro atoms. The number of piperazine rings is 1. The number of nitrogens with one attached hydrogen (secondary N) is 2. The lowest BCUT2D eigenvalue weighted by molar-refractivity contribution is -0.117. The molecule has 1 aromatic carbocycles. The van der Waals surface area contributed by atoms with Crippen molar-refractivity contribution in [1.29, 1.82) is 0 Å². The van der Waals surface area contributed by atoms with E-state index in [0.717, 1.165) is 64.0 Å². The van der Waals surface area contributed by atoms with E-state index < -0.39 is 0 Å². The first kappa shape index (κ1) is 23.9. The third-order valence-corrected chi connectivity index (χ3v) is 5.48. The number of carbonyl (C=O) groups excluding carboxylic acids is 1. The van der Waals surface area contributed by atoms with Crippen LogP contribution in [0.3, 0.4) is 0 Å². The van der Waals surface area contributed by atoms with Crippen molar-refractivity contribution < 1.29 is 4.79 Å². The third kappa shape index (κ3) is 7.11. The molecule has 1 unspecified atom stereocenters. The molecule has 0 aliphatic carbocycles. The van der Waals surface area contributed by atoms with Gasteiger partial charge in [-0.05, 0) is 25.6 Å². The molecular formula is C21H35IN6O. The first-order valence-electron chi connectivity index (χ1n) is 10.5. The maximum atomic E-state index is 12.4. The van der Waals surface area contributed by atoms with Gasteiger partial charge in [0.05, 0.1) is 12.6 Å². The van der Waals surface area contributed by atoms with Gasteiger partial charge in [0.2, 0.25) is 5.91 Å². The van der Waals surface area contributed by atoms with Crippen LogP contribution in [0.25, 0.3) is 0 Å². The monoisotopic (exact) mass is 514 g/mol. The third-order valence-electron chi connectivity index (χ3n) is 5.48. The minimum Gasteiger partial charge on any atom is -0.357 e. The van der Waals surface area contributed by atoms with E-state index >= 15 is 0 Å². The number of nitrogens with zero attached hydrogens (tertiary/aromatic N) is 4. The number of rotatable bonds is 7. The number of carbonyl (C=O) groups is 1. The van der Waals surface area contributed by atoms with E-state index in [9.17, 15) is 4.79 Å². The second-order valence-electron chi connectivity index (χ2n) is 7.42. The molecule has 0 aromatic heterocycles. The van der Waals surface area contributed by atoms with Crippen molar-refractivity contribution in [2.24, 2.45) is 4.99 Å². The molecule has 0 bridgehead atoms. The van der Waals surface area contributed by atoms with Gasteiger partial charge in [-0.3, -0.25) is 14.7 Å². The summed E-state index contributed by atoms with van der Waals surface area (Å²) in [6.07, 6.45) is 0.498. The zero-order chi connectivity index (χ0) is 19.8. The van der Waals surface area contributed by atoms with Gasteiger partial charge in [0.1, 0.15) is 0 Å². The van der Waals surface area contributed by atoms with E-state index in [1.165, 1.54) is 0 Å². The summed E-state index contributed by atoms with van der Waals surface area (Å²) in [6.45, 7) is 13.2. The topological polar surface area (TPSA) is 63.2 Å². The molecule has 1 amide bonds. The summed E-state index contributed by atoms with van der Waals surface area (Å²) in [5.41, 5.74) is 0.963. The largest absolute Gasteiger partial charge is 0.357 e. The molecule has 2 heterocycles. The fraction of sp³-hybridized carbons (Fsp3) is 0.619. The average Bonchev–Trinajstić information content (AvgIpc) is 3.09. The number of halogens is 1. The lowest BCUT2D eigenvalue weighted by Gasteiger charge is -2.33. The lowest BCUT2D eigenvalue weighted by atomic mass is 10.2. The fourth-order valence-electron chi connectivity index (χ4n) is 3.81. The summed E-state index contributed by atoms with van der Waals surface area (Å²) < 4.78 is 0. The molecule has 2 aliphatic heterocycles. The normalized spacial score (nSPS) is 21.2. The highest BCUT2D eigenvalue weighted by Crippen LogP contribution is 2.20. The number of guanidine groups is 1. The second-order valence-corrected chi connectivity index (χ2v) is 7.42. The van der Waals surface area contributed by atoms with Crippen molar-refractivity contribution in [1.82, 2.24) is 20.4 Å². The SMILES string of the molecule is CCNC(=NCCN1CCN(CC)CC1)NC1CC(=O)N(c2ccccc2)C1.I. The van der Waals surface area contributed by atoms with Crippen LogP contribution in [0.5, 0.6) is 0 Å². The van der Waals surface area contributed by atoms with E-state index in [2.05, 4.69) is 34.3 Å². The predicted molar refractivity (Wildman–Crippen MR) is 130 cm³/mol. The smallest absolute Gasteiger partial charge is 0.229 e. The number of likely N-dealkylation sites (N-methyl/N-ethyl adjacent to an activating group) is 1. The van der Waals surface area contributed by atoms with Crippen LogP contribution in [0.2, 0.25) is 0 Å². The zero-order valence-corrected chi connectivity index (χ0v) is 20.0. The van der Waals surface area contributed by atoms with Crippen LogP contribution in [0.4, 0.5) is 5.69 Å². The molecule has 0 radical (unpaired) electrons. The van der Waals surface area contributed by atoms with Gasteiger partial charge >= 0.3 is 0 Å². The van der Waals surface area contributed by atoms with Gasteiger partial charge in [0.25, 0.3) is 0 Å². The standard InChI is InChI=1S/C21H34N6O.HI/c1-3-22-21(23-10-11-26-14-12-25(4-2)13-15-26)24-18-16-20(28)27(17-18)19-8-6-5-7-9-19;/h5-9,18H,3-4,10-17H2,1-2H3,(H2,22,23,24);1H. The summed E-state index contributed by atoms with van der Waals surface area (Å²) in [4.78, 5) is 24.0. The first-order valence-corrected chi connectivity index (χ1v) is 10.5. The summed E-state index contributed by atoms with van der Waals surface area (Å²) in [7, 11) is 0. The average molecular weight is 514 g/mol. The van der Waals surface area contributed by atoms with E-state index in [1.807, 2.05) is 35.2 Å². The van der Waals surface area contributed by atoms with Crippen LogP contribution >= 0.6 is 24.0 Å². The lowest BCUT2D eigenvalue weighted by Crippen LogP contribution is -2.47. The van der Waals surface area contributed by atoms with Gasteiger partial charge in [-0.2, -0.15) is 0 Å². The zero-order valence-electron chi connectivity index (χ0n) is 17.6. The molecule has 162 valence electrons. The molecule has 2 saturated heterocycles. The Morgan fingerprint density at radius 1 is 1.10 bits per heavy atom. The molecule has 3 rings (SSSR count). The van der Waals surface area contributed by atoms with Crippen molar-refractivity contribution >= 4 is 41.5 Å². The number of hydrogen-bond acceptors (Lipinski definition) is 4. The van der Waals surface area contributed by atoms with Crippen LogP contribution in [-0.2, 0) is 4.79 Å². The Morgan fingerprint density at radius 2 is 1.79 bits per heavy atom. The molecule has 2 aliphatic rings. The summed E-state index contributed by atoms with van der Waals surface area (Å²) in [6, 6.07) is 9.96. The molecule has 2 fully saturated rings. The maximum absolute atomic E-state index is 12.4. The van der Waals surface area contributed by atoms with Crippen LogP contribution < -0.4 is 15.5 Å². The van der Waals surface area contributed by atoms with Crippen molar-refractivity contribution in [3.05, 3.63) is 30.3 Å². The minimum atomic E-state index is 0. The Morgan fingerprint density at radius 3 is 2.45 bits per heavy atom. The fourth-order valence-corrected chi connectivity index (χ4v) is 3.81. The van der Waals surface area contributed by atoms with Gasteiger partial charge in [-0.15, -0.1) is 24.0 Å². The highest BCUT2D eigenvalue weighted by molar-refractivity contribution is 14.0. The van der Waals surface area contributed by atoms with E-state index in [4.69, 9.17) is 4.99 Å². The molecule has 2 N–H and O–H groups in total. The van der Waals surface area contributed by atoms with Crippen LogP contribution in [0.1, 0.15) is 20.3 Å². The van der Waals surface area contributed by atoms with Crippen molar-refractivity contribution in [3.63, 3.8) is 0 Å². The number of para-hydroxylation sites is 1. The number of amides is 1. The molecule has 8 heteroatoms. The molecule has 1 atom stereocenters. The number of hydrogen-bond donors (Lipinski definition) is 2. The number of aliphatic imine (C=N–C) groups is 1. The number of anilines is 1. The molecule has 29 heavy (non-hydrogen) atoms. The van der Waals surface area contributed by atoms with Gasteiger partial charge in [0.15, 0.2) is 5.96 Å². The van der Waals surface area contributed by atoms with E-state index in [1.54, 1.807) is 0 Å². The highest BCUT2D eigenvalue weighted by Gasteiger charge is 2.31. The molecule has 7 nitrogen and oxygen atoms in total. The Labute approximate surface area is 191 Å². The van der Waals surface area contributed by atoms with E-state index in [0.29, 0.717) is 13.0 Å². The summed E-state index contributed by atoms with van der Waals surface area (Å²) in [5.74, 6) is 0.968. The van der Waals surface area contributed by atoms with Crippen molar-refractivity contribution in [3.8, 4) is 0 Å². The highest BCUT2D eigenvalue weighted by atomic mass is 127. The molecule has 0 saturated carbocycles. The predicted octanol–water partition coefficient (Wildman–Crippen LogP) is 1.60. The Kier molecular flexibility index (Phi) is 10.2. The Hall–Kier alpha value is -1.39. The summed E-state index contributed by atoms with van der Waals surface area (Å²) in [5, 5.41) is 6.77. The first-order chi connectivity index (χ1) is 13.7. The van der Waals surface area contributed by atoms with Gasteiger partial charge in [0, 0.05) is 57.9 Å². The van der Waals surface area contributed by atoms with Crippen molar-refractivity contribution in [2.75, 3.05) is 63.8 Å².